The van der Waals surface area contributed by atoms with Crippen molar-refractivity contribution in [3.63, 3.8) is 0 Å². The van der Waals surface area contributed by atoms with Gasteiger partial charge in [0.2, 0.25) is 0 Å². The fourth-order valence-corrected chi connectivity index (χ4v) is 0.427. The van der Waals surface area contributed by atoms with Crippen molar-refractivity contribution in [2.45, 2.75) is 113 Å². The van der Waals surface area contributed by atoms with E-state index in [0.29, 0.717) is 0 Å². The molecule has 0 saturated carbocycles. The molecule has 0 heteroatoms. The molecule has 0 aromatic carbocycles. The molecule has 0 N–H and O–H groups in total. The van der Waals surface area contributed by atoms with E-state index in [9.17, 15) is 0 Å². The van der Waals surface area contributed by atoms with E-state index >= 15 is 0 Å². The average molecular weight is 269 g/mol. The van der Waals surface area contributed by atoms with Crippen molar-refractivity contribution in [1.82, 2.24) is 0 Å². The van der Waals surface area contributed by atoms with Gasteiger partial charge in [-0.05, 0) is 12.8 Å². The van der Waals surface area contributed by atoms with Crippen molar-refractivity contribution in [3.8, 4) is 11.8 Å². The molecule has 0 fully saturated rings. The highest BCUT2D eigenvalue weighted by Crippen LogP contribution is 1.85. The van der Waals surface area contributed by atoms with Crippen LogP contribution >= 0.6 is 0 Å². The molecule has 0 aliphatic rings. The van der Waals surface area contributed by atoms with Gasteiger partial charge < -0.3 is 0 Å². The van der Waals surface area contributed by atoms with Crippen molar-refractivity contribution in [1.29, 1.82) is 0 Å². The summed E-state index contributed by atoms with van der Waals surface area (Å²) in [6, 6.07) is 0. The predicted octanol–water partition coefficient (Wildman–Crippen LogP) is 8.71. The van der Waals surface area contributed by atoms with E-state index in [4.69, 9.17) is 0 Å². The first-order chi connectivity index (χ1) is 4.91. The maximum atomic E-state index is 3.09. The Morgan fingerprint density at radius 3 is 0.778 bits per heavy atom. The van der Waals surface area contributed by atoms with Crippen LogP contribution < -0.4 is 0 Å². The Kier molecular flexibility index (Phi) is 607. The standard InChI is InChI=1S/C8H14.C2H6.8CH4/c1-3-5-7-8-6-4-2;1-2;;;;;;;;/h3-6H2,1-2H3;1-2H3;8*1H4. The lowest BCUT2D eigenvalue weighted by Crippen LogP contribution is -1.63. The first-order valence-corrected chi connectivity index (χ1v) is 4.37. The fraction of sp³-hybridized carbons (Fsp3) is 0.889. The van der Waals surface area contributed by atoms with Crippen molar-refractivity contribution in [3.05, 3.63) is 0 Å². The van der Waals surface area contributed by atoms with Gasteiger partial charge in [-0.1, -0.05) is 87.1 Å². The molecule has 0 radical (unpaired) electrons. The summed E-state index contributed by atoms with van der Waals surface area (Å²) < 4.78 is 0. The van der Waals surface area contributed by atoms with Gasteiger partial charge in [0.15, 0.2) is 0 Å². The molecule has 0 unspecified atom stereocenters. The van der Waals surface area contributed by atoms with Crippen LogP contribution in [-0.2, 0) is 0 Å². The molecule has 0 atom stereocenters. The zero-order valence-electron chi connectivity index (χ0n) is 7.83. The molecule has 124 valence electrons. The normalized spacial score (nSPS) is 3.78. The van der Waals surface area contributed by atoms with Crippen LogP contribution in [0.15, 0.2) is 0 Å². The summed E-state index contributed by atoms with van der Waals surface area (Å²) in [7, 11) is 0. The van der Waals surface area contributed by atoms with Crippen LogP contribution in [-0.4, -0.2) is 0 Å². The molecule has 0 saturated heterocycles. The van der Waals surface area contributed by atoms with Gasteiger partial charge in [0, 0.05) is 12.8 Å². The second kappa shape index (κ2) is 130. The lowest BCUT2D eigenvalue weighted by atomic mass is 10.3. The van der Waals surface area contributed by atoms with Gasteiger partial charge in [0.25, 0.3) is 0 Å². The quantitative estimate of drug-likeness (QED) is 0.439. The molecule has 0 aliphatic heterocycles. The molecule has 0 bridgehead atoms. The molecule has 0 spiro atoms. The van der Waals surface area contributed by atoms with Crippen molar-refractivity contribution >= 4 is 0 Å². The molecule has 0 rings (SSSR count). The molecule has 18 heavy (non-hydrogen) atoms. The lowest BCUT2D eigenvalue weighted by Gasteiger charge is -1.78. The third-order valence-corrected chi connectivity index (χ3v) is 0.875. The highest BCUT2D eigenvalue weighted by molar-refractivity contribution is 4.97. The SMILES string of the molecule is C.C.C.C.C.C.C.C.CC.CCCC#CCCC. The summed E-state index contributed by atoms with van der Waals surface area (Å²) in [4.78, 5) is 0. The number of unbranched alkanes of at least 4 members (excludes halogenated alkanes) is 2. The van der Waals surface area contributed by atoms with Gasteiger partial charge in [-0.25, -0.2) is 0 Å². The Hall–Kier alpha value is -0.440. The van der Waals surface area contributed by atoms with Gasteiger partial charge in [-0.2, -0.15) is 0 Å². The van der Waals surface area contributed by atoms with E-state index < -0.39 is 0 Å². The molecular formula is C18H52. The summed E-state index contributed by atoms with van der Waals surface area (Å²) in [6.45, 7) is 8.31. The molecule has 0 aromatic heterocycles. The van der Waals surface area contributed by atoms with E-state index in [1.165, 1.54) is 12.8 Å². The summed E-state index contributed by atoms with van der Waals surface area (Å²) in [5, 5.41) is 0. The minimum Gasteiger partial charge on any atom is -0.103 e. The van der Waals surface area contributed by atoms with E-state index in [1.54, 1.807) is 0 Å². The second-order valence-corrected chi connectivity index (χ2v) is 1.85. The van der Waals surface area contributed by atoms with Crippen LogP contribution in [0.1, 0.15) is 113 Å². The molecule has 0 heterocycles. The van der Waals surface area contributed by atoms with Gasteiger partial charge in [0.1, 0.15) is 0 Å². The summed E-state index contributed by atoms with van der Waals surface area (Å²) >= 11 is 0. The highest BCUT2D eigenvalue weighted by atomic mass is 13.7. The first kappa shape index (κ1) is 84.3. The monoisotopic (exact) mass is 268 g/mol. The van der Waals surface area contributed by atoms with Gasteiger partial charge in [-0.15, -0.1) is 11.8 Å². The fourth-order valence-electron chi connectivity index (χ4n) is 0.427. The largest absolute Gasteiger partial charge is 0.103 e. The third kappa shape index (κ3) is 159. The van der Waals surface area contributed by atoms with E-state index in [1.807, 2.05) is 13.8 Å². The number of rotatable bonds is 2. The minimum atomic E-state index is 0. The van der Waals surface area contributed by atoms with Gasteiger partial charge >= 0.3 is 0 Å². The van der Waals surface area contributed by atoms with E-state index in [0.717, 1.165) is 12.8 Å². The molecule has 0 amide bonds. The van der Waals surface area contributed by atoms with Gasteiger partial charge in [0.05, 0.1) is 0 Å². The summed E-state index contributed by atoms with van der Waals surface area (Å²) in [6.07, 6.45) is 4.52. The van der Waals surface area contributed by atoms with Crippen LogP contribution in [0.25, 0.3) is 0 Å². The zero-order chi connectivity index (χ0) is 8.24. The molecular weight excluding hydrogens is 216 g/mol. The third-order valence-electron chi connectivity index (χ3n) is 0.875. The topological polar surface area (TPSA) is 0 Å². The second-order valence-electron chi connectivity index (χ2n) is 1.85. The van der Waals surface area contributed by atoms with E-state index in [2.05, 4.69) is 25.7 Å². The molecule has 0 aliphatic carbocycles. The smallest absolute Gasteiger partial charge is 0.00860 e. The van der Waals surface area contributed by atoms with Crippen molar-refractivity contribution in [2.75, 3.05) is 0 Å². The lowest BCUT2D eigenvalue weighted by molar-refractivity contribution is 0.961. The Morgan fingerprint density at radius 2 is 0.667 bits per heavy atom. The average Bonchev–Trinajstić information content (AvgIpc) is 2.02. The van der Waals surface area contributed by atoms with Crippen molar-refractivity contribution < 1.29 is 0 Å². The molecule has 0 aromatic rings. The van der Waals surface area contributed by atoms with Crippen LogP contribution in [0.2, 0.25) is 0 Å². The predicted molar refractivity (Wildman–Crippen MR) is 103 cm³/mol. The molecule has 0 nitrogen and oxygen atoms in total. The maximum absolute atomic E-state index is 3.09. The van der Waals surface area contributed by atoms with Gasteiger partial charge in [-0.3, -0.25) is 0 Å². The maximum Gasteiger partial charge on any atom is 0.00860 e. The summed E-state index contributed by atoms with van der Waals surface area (Å²) in [5.74, 6) is 6.17. The van der Waals surface area contributed by atoms with Crippen LogP contribution in [0.4, 0.5) is 0 Å². The minimum absolute atomic E-state index is 0. The number of hydrogen-bond acceptors (Lipinski definition) is 0. The highest BCUT2D eigenvalue weighted by Gasteiger charge is 1.69. The van der Waals surface area contributed by atoms with Crippen LogP contribution in [0.5, 0.6) is 0 Å². The number of hydrogen-bond donors (Lipinski definition) is 0. The van der Waals surface area contributed by atoms with E-state index in [-0.39, 0.29) is 59.4 Å². The Balaban J connectivity index is -0.00000000762. The Bertz CT molecular complexity index is 71.9. The van der Waals surface area contributed by atoms with Crippen molar-refractivity contribution in [2.24, 2.45) is 0 Å². The Labute approximate surface area is 125 Å². The zero-order valence-corrected chi connectivity index (χ0v) is 7.83. The first-order valence-electron chi connectivity index (χ1n) is 4.37. The Morgan fingerprint density at radius 1 is 0.500 bits per heavy atom. The summed E-state index contributed by atoms with van der Waals surface area (Å²) in [5.41, 5.74) is 0. The van der Waals surface area contributed by atoms with Crippen LogP contribution in [0.3, 0.4) is 0 Å². The van der Waals surface area contributed by atoms with Crippen LogP contribution in [0, 0.1) is 11.8 Å².